The molecule has 0 aliphatic carbocycles. The van der Waals surface area contributed by atoms with Gasteiger partial charge >= 0.3 is 6.03 Å². The number of nitrogens with zero attached hydrogens (tertiary/aromatic N) is 1. The first-order valence-corrected chi connectivity index (χ1v) is 8.66. The molecule has 0 aromatic heterocycles. The highest BCUT2D eigenvalue weighted by atomic mass is 19.1. The molecule has 1 atom stereocenters. The van der Waals surface area contributed by atoms with Crippen LogP contribution in [0.5, 0.6) is 0 Å². The third-order valence-corrected chi connectivity index (χ3v) is 4.67. The highest BCUT2D eigenvalue weighted by molar-refractivity contribution is 5.90. The number of piperidine rings is 1. The fourth-order valence-electron chi connectivity index (χ4n) is 3.36. The predicted molar refractivity (Wildman–Crippen MR) is 96.1 cm³/mol. The number of ether oxygens (including phenoxy) is 1. The second-order valence-corrected chi connectivity index (χ2v) is 6.47. The van der Waals surface area contributed by atoms with E-state index in [4.69, 9.17) is 4.74 Å². The molecule has 4 nitrogen and oxygen atoms in total. The largest absolute Gasteiger partial charge is 0.380 e. The van der Waals surface area contributed by atoms with Crippen LogP contribution in [0, 0.1) is 11.6 Å². The Morgan fingerprint density at radius 1 is 1.27 bits per heavy atom. The van der Waals surface area contributed by atoms with E-state index in [0.29, 0.717) is 30.9 Å². The van der Waals surface area contributed by atoms with Crippen LogP contribution in [0.25, 0.3) is 0 Å². The van der Waals surface area contributed by atoms with Gasteiger partial charge in [0.2, 0.25) is 0 Å². The van der Waals surface area contributed by atoms with Gasteiger partial charge in [0.25, 0.3) is 0 Å². The van der Waals surface area contributed by atoms with Gasteiger partial charge in [0.05, 0.1) is 6.61 Å². The van der Waals surface area contributed by atoms with Gasteiger partial charge in [0.1, 0.15) is 11.6 Å². The summed E-state index contributed by atoms with van der Waals surface area (Å²) >= 11 is 0. The quantitative estimate of drug-likeness (QED) is 0.871. The minimum atomic E-state index is -0.462. The third kappa shape index (κ3) is 4.19. The van der Waals surface area contributed by atoms with Crippen molar-refractivity contribution in [3.8, 4) is 0 Å². The Morgan fingerprint density at radius 2 is 2.08 bits per heavy atom. The van der Waals surface area contributed by atoms with Gasteiger partial charge in [-0.1, -0.05) is 18.2 Å². The Hall–Kier alpha value is -2.47. The number of carbonyl (C=O) groups excluding carboxylic acids is 1. The molecule has 1 fully saturated rings. The molecule has 2 amide bonds. The van der Waals surface area contributed by atoms with E-state index in [2.05, 4.69) is 5.32 Å². The van der Waals surface area contributed by atoms with Gasteiger partial charge in [-0.2, -0.15) is 0 Å². The van der Waals surface area contributed by atoms with Crippen molar-refractivity contribution in [3.63, 3.8) is 0 Å². The topological polar surface area (TPSA) is 41.6 Å². The summed E-state index contributed by atoms with van der Waals surface area (Å²) in [5, 5.41) is 2.90. The van der Waals surface area contributed by atoms with E-state index in [1.54, 1.807) is 12.0 Å². The zero-order valence-electron chi connectivity index (χ0n) is 14.7. The van der Waals surface area contributed by atoms with Gasteiger partial charge in [-0.3, -0.25) is 0 Å². The molecule has 0 saturated carbocycles. The number of urea groups is 1. The summed E-state index contributed by atoms with van der Waals surface area (Å²) in [5.41, 5.74) is 1.91. The second kappa shape index (κ2) is 8.27. The molecule has 1 N–H and O–H groups in total. The van der Waals surface area contributed by atoms with Crippen molar-refractivity contribution >= 4 is 11.7 Å². The van der Waals surface area contributed by atoms with Crippen LogP contribution < -0.4 is 5.32 Å². The Balaban J connectivity index is 1.71. The molecule has 1 aliphatic heterocycles. The average Bonchev–Trinajstić information content (AvgIpc) is 2.65. The Bertz CT molecular complexity index is 782. The molecule has 2 aromatic rings. The summed E-state index contributed by atoms with van der Waals surface area (Å²) in [4.78, 5) is 14.3. The van der Waals surface area contributed by atoms with Crippen LogP contribution in [-0.2, 0) is 11.3 Å². The van der Waals surface area contributed by atoms with E-state index in [1.165, 1.54) is 6.07 Å². The van der Waals surface area contributed by atoms with Crippen molar-refractivity contribution in [2.75, 3.05) is 25.5 Å². The number of benzene rings is 2. The number of rotatable bonds is 4. The molecular formula is C20H22F2N2O2. The zero-order valence-corrected chi connectivity index (χ0v) is 14.7. The smallest absolute Gasteiger partial charge is 0.321 e. The fraction of sp³-hybridized carbons (Fsp3) is 0.350. The number of methoxy groups -OCH3 is 1. The maximum absolute atomic E-state index is 14.1. The van der Waals surface area contributed by atoms with Crippen LogP contribution in [0.15, 0.2) is 42.5 Å². The predicted octanol–water partition coefficient (Wildman–Crippen LogP) is 4.52. The van der Waals surface area contributed by atoms with Crippen molar-refractivity contribution in [2.45, 2.75) is 25.4 Å². The molecule has 1 saturated heterocycles. The monoisotopic (exact) mass is 360 g/mol. The van der Waals surface area contributed by atoms with Crippen molar-refractivity contribution in [1.29, 1.82) is 0 Å². The molecule has 0 radical (unpaired) electrons. The first kappa shape index (κ1) is 18.3. The number of hydrogen-bond donors (Lipinski definition) is 1. The first-order valence-electron chi connectivity index (χ1n) is 8.66. The number of amides is 2. The lowest BCUT2D eigenvalue weighted by Crippen LogP contribution is -2.42. The van der Waals surface area contributed by atoms with Gasteiger partial charge in [-0.05, 0) is 42.7 Å². The average molecular weight is 360 g/mol. The molecule has 26 heavy (non-hydrogen) atoms. The zero-order chi connectivity index (χ0) is 18.5. The van der Waals surface area contributed by atoms with E-state index < -0.39 is 11.6 Å². The molecule has 2 aromatic carbocycles. The number of para-hydroxylation sites is 1. The normalized spacial score (nSPS) is 17.2. The second-order valence-electron chi connectivity index (χ2n) is 6.47. The van der Waals surface area contributed by atoms with Crippen LogP contribution in [0.4, 0.5) is 19.3 Å². The summed E-state index contributed by atoms with van der Waals surface area (Å²) in [5.74, 6) is -1.10. The minimum Gasteiger partial charge on any atom is -0.380 e. The number of carbonyl (C=O) groups is 1. The van der Waals surface area contributed by atoms with Gasteiger partial charge in [-0.25, -0.2) is 13.6 Å². The molecule has 0 spiro atoms. The number of nitrogens with one attached hydrogen (secondary N) is 1. The highest BCUT2D eigenvalue weighted by Crippen LogP contribution is 2.30. The molecular weight excluding hydrogens is 338 g/mol. The van der Waals surface area contributed by atoms with Crippen molar-refractivity contribution in [1.82, 2.24) is 4.90 Å². The van der Waals surface area contributed by atoms with Crippen molar-refractivity contribution < 1.29 is 18.3 Å². The summed E-state index contributed by atoms with van der Waals surface area (Å²) in [7, 11) is 1.60. The van der Waals surface area contributed by atoms with Crippen LogP contribution in [0.2, 0.25) is 0 Å². The van der Waals surface area contributed by atoms with Crippen LogP contribution in [0.1, 0.15) is 29.9 Å². The summed E-state index contributed by atoms with van der Waals surface area (Å²) in [6.45, 7) is 1.35. The SMILES string of the molecule is COCc1ccccc1NC(=O)N1CCC[C@H](c2cc(F)ccc2F)C1. The van der Waals surface area contributed by atoms with Crippen LogP contribution >= 0.6 is 0 Å². The number of halogens is 2. The van der Waals surface area contributed by atoms with Crippen molar-refractivity contribution in [2.24, 2.45) is 0 Å². The Labute approximate surface area is 151 Å². The van der Waals surface area contributed by atoms with E-state index in [-0.39, 0.29) is 11.9 Å². The molecule has 138 valence electrons. The number of likely N-dealkylation sites (tertiary alicyclic amines) is 1. The molecule has 6 heteroatoms. The number of anilines is 1. The maximum Gasteiger partial charge on any atom is 0.321 e. The highest BCUT2D eigenvalue weighted by Gasteiger charge is 2.27. The minimum absolute atomic E-state index is 0.209. The van der Waals surface area contributed by atoms with E-state index in [1.807, 2.05) is 24.3 Å². The van der Waals surface area contributed by atoms with Crippen LogP contribution in [0.3, 0.4) is 0 Å². The molecule has 1 heterocycles. The Kier molecular flexibility index (Phi) is 5.83. The summed E-state index contributed by atoms with van der Waals surface area (Å²) in [6.07, 6.45) is 1.47. The van der Waals surface area contributed by atoms with Gasteiger partial charge in [-0.15, -0.1) is 0 Å². The number of hydrogen-bond acceptors (Lipinski definition) is 2. The first-order chi connectivity index (χ1) is 12.6. The molecule has 1 aliphatic rings. The summed E-state index contributed by atoms with van der Waals surface area (Å²) < 4.78 is 32.7. The van der Waals surface area contributed by atoms with Crippen LogP contribution in [-0.4, -0.2) is 31.1 Å². The fourth-order valence-corrected chi connectivity index (χ4v) is 3.36. The molecule has 3 rings (SSSR count). The maximum atomic E-state index is 14.1. The van der Waals surface area contributed by atoms with E-state index >= 15 is 0 Å². The van der Waals surface area contributed by atoms with E-state index in [0.717, 1.165) is 30.5 Å². The van der Waals surface area contributed by atoms with Gasteiger partial charge in [0, 0.05) is 37.4 Å². The lowest BCUT2D eigenvalue weighted by Gasteiger charge is -2.33. The summed E-state index contributed by atoms with van der Waals surface area (Å²) in [6, 6.07) is 10.7. The van der Waals surface area contributed by atoms with Crippen molar-refractivity contribution in [3.05, 3.63) is 65.2 Å². The lowest BCUT2D eigenvalue weighted by molar-refractivity contribution is 0.184. The third-order valence-electron chi connectivity index (χ3n) is 4.67. The Morgan fingerprint density at radius 3 is 2.88 bits per heavy atom. The standard InChI is InChI=1S/C20H22F2N2O2/c1-26-13-15-5-2-3-7-19(15)23-20(25)24-10-4-6-14(12-24)17-11-16(21)8-9-18(17)22/h2-3,5,7-9,11,14H,4,6,10,12-13H2,1H3,(H,23,25)/t14-/m0/s1. The van der Waals surface area contributed by atoms with E-state index in [9.17, 15) is 13.6 Å². The molecule has 0 unspecified atom stereocenters. The van der Waals surface area contributed by atoms with Gasteiger partial charge < -0.3 is 15.0 Å². The van der Waals surface area contributed by atoms with Gasteiger partial charge in [0.15, 0.2) is 0 Å². The lowest BCUT2D eigenvalue weighted by atomic mass is 9.90. The molecule has 0 bridgehead atoms.